The Morgan fingerprint density at radius 2 is 1.84 bits per heavy atom. The Morgan fingerprint density at radius 3 is 2.26 bits per heavy atom. The van der Waals surface area contributed by atoms with Crippen LogP contribution in [0.5, 0.6) is 11.5 Å². The van der Waals surface area contributed by atoms with E-state index in [2.05, 4.69) is 0 Å². The van der Waals surface area contributed by atoms with Crippen LogP contribution in [0.3, 0.4) is 0 Å². The minimum Gasteiger partial charge on any atom is -0.507 e. The van der Waals surface area contributed by atoms with Gasteiger partial charge in [-0.1, -0.05) is 23.5 Å². The van der Waals surface area contributed by atoms with Gasteiger partial charge in [-0.15, -0.1) is 0 Å². The Labute approximate surface area is 117 Å². The maximum Gasteiger partial charge on any atom is 0.350 e. The summed E-state index contributed by atoms with van der Waals surface area (Å²) in [5, 5.41) is 28.4. The number of carbonyl (C=O) groups is 1. The van der Waals surface area contributed by atoms with Crippen LogP contribution in [0.1, 0.15) is 6.92 Å². The van der Waals surface area contributed by atoms with Gasteiger partial charge in [0.1, 0.15) is 17.6 Å². The molecule has 2 N–H and O–H groups in total. The number of carbonyl (C=O) groups excluding carboxylic acids is 1. The minimum atomic E-state index is -0.702. The van der Waals surface area contributed by atoms with Crippen LogP contribution in [0.25, 0.3) is 0 Å². The first kappa shape index (κ1) is 13.6. The second-order valence-corrected chi connectivity index (χ2v) is 5.76. The molecule has 1 heterocycles. The van der Waals surface area contributed by atoms with Crippen molar-refractivity contribution >= 4 is 29.5 Å². The van der Waals surface area contributed by atoms with Gasteiger partial charge in [-0.25, -0.2) is 4.79 Å². The summed E-state index contributed by atoms with van der Waals surface area (Å²) in [5.41, 5.74) is -0.119. The van der Waals surface area contributed by atoms with Crippen LogP contribution < -0.4 is 0 Å². The summed E-state index contributed by atoms with van der Waals surface area (Å²) < 4.78 is 5.19. The molecule has 0 atom stereocenters. The molecule has 0 fully saturated rings. The average molecular weight is 295 g/mol. The number of fused-ring (bicyclic) bond motifs is 1. The minimum absolute atomic E-state index is 0.00134. The highest BCUT2D eigenvalue weighted by atomic mass is 32.2. The van der Waals surface area contributed by atoms with Crippen molar-refractivity contribution < 1.29 is 19.7 Å². The van der Waals surface area contributed by atoms with Crippen LogP contribution in [0.4, 0.5) is 0 Å². The number of ether oxygens (including phenoxy) is 1. The fraction of sp³-hybridized carbons (Fsp3) is 0.167. The first-order chi connectivity index (χ1) is 9.08. The highest BCUT2D eigenvalue weighted by Crippen LogP contribution is 2.58. The van der Waals surface area contributed by atoms with Gasteiger partial charge in [-0.2, -0.15) is 5.26 Å². The maximum atomic E-state index is 11.6. The Balaban J connectivity index is 2.42. The molecule has 19 heavy (non-hydrogen) atoms. The summed E-state index contributed by atoms with van der Waals surface area (Å²) in [6.45, 7) is 1.83. The van der Waals surface area contributed by atoms with Gasteiger partial charge in [0.2, 0.25) is 0 Å². The van der Waals surface area contributed by atoms with Gasteiger partial charge in [0.15, 0.2) is 5.57 Å². The Hall–Kier alpha value is -1.78. The highest BCUT2D eigenvalue weighted by molar-refractivity contribution is 8.24. The molecule has 0 saturated carbocycles. The number of nitrogens with zero attached hydrogens (tertiary/aromatic N) is 1. The third-order valence-electron chi connectivity index (χ3n) is 2.26. The van der Waals surface area contributed by atoms with E-state index in [1.165, 1.54) is 12.1 Å². The van der Waals surface area contributed by atoms with Crippen molar-refractivity contribution in [3.05, 3.63) is 21.9 Å². The first-order valence-electron chi connectivity index (χ1n) is 5.30. The highest BCUT2D eigenvalue weighted by Gasteiger charge is 2.29. The molecule has 0 bridgehead atoms. The Bertz CT molecular complexity index is 586. The van der Waals surface area contributed by atoms with Gasteiger partial charge in [-0.05, 0) is 19.1 Å². The molecular formula is C12H9NO4S2. The van der Waals surface area contributed by atoms with E-state index in [0.717, 1.165) is 23.5 Å². The zero-order valence-electron chi connectivity index (χ0n) is 9.84. The number of benzene rings is 1. The molecule has 0 spiro atoms. The van der Waals surface area contributed by atoms with Crippen LogP contribution in [0, 0.1) is 11.3 Å². The lowest BCUT2D eigenvalue weighted by atomic mass is 10.3. The Kier molecular flexibility index (Phi) is 3.93. The van der Waals surface area contributed by atoms with Crippen molar-refractivity contribution in [3.8, 4) is 17.6 Å². The zero-order valence-corrected chi connectivity index (χ0v) is 11.5. The van der Waals surface area contributed by atoms with Crippen molar-refractivity contribution in [2.24, 2.45) is 0 Å². The SMILES string of the molecule is CCOC(=O)C(C#N)=C1Sc2c(O)ccc(O)c2S1. The van der Waals surface area contributed by atoms with Crippen LogP contribution in [0.2, 0.25) is 0 Å². The molecule has 1 aromatic rings. The monoisotopic (exact) mass is 295 g/mol. The second-order valence-electron chi connectivity index (χ2n) is 3.46. The van der Waals surface area contributed by atoms with E-state index >= 15 is 0 Å². The Morgan fingerprint density at radius 1 is 1.32 bits per heavy atom. The van der Waals surface area contributed by atoms with Gasteiger partial charge >= 0.3 is 5.97 Å². The number of esters is 1. The summed E-state index contributed by atoms with van der Waals surface area (Å²) in [5.74, 6) is -0.699. The van der Waals surface area contributed by atoms with E-state index in [9.17, 15) is 15.0 Å². The number of phenols is 2. The van der Waals surface area contributed by atoms with Crippen LogP contribution >= 0.6 is 23.5 Å². The average Bonchev–Trinajstić information content (AvgIpc) is 2.81. The maximum absolute atomic E-state index is 11.6. The lowest BCUT2D eigenvalue weighted by Gasteiger charge is -2.01. The van der Waals surface area contributed by atoms with Crippen molar-refractivity contribution in [2.45, 2.75) is 16.7 Å². The number of thioether (sulfide) groups is 2. The van der Waals surface area contributed by atoms with Crippen molar-refractivity contribution in [3.63, 3.8) is 0 Å². The zero-order chi connectivity index (χ0) is 14.0. The number of phenolic OH excluding ortho intramolecular Hbond substituents is 2. The fourth-order valence-corrected chi connectivity index (χ4v) is 3.91. The van der Waals surface area contributed by atoms with E-state index in [4.69, 9.17) is 10.00 Å². The molecule has 0 aromatic heterocycles. The predicted molar refractivity (Wildman–Crippen MR) is 70.8 cm³/mol. The molecule has 1 aromatic carbocycles. The summed E-state index contributed by atoms with van der Waals surface area (Å²) >= 11 is 2.15. The normalized spacial score (nSPS) is 12.7. The lowest BCUT2D eigenvalue weighted by Crippen LogP contribution is -2.07. The number of rotatable bonds is 2. The molecule has 0 aliphatic carbocycles. The molecule has 1 aliphatic heterocycles. The van der Waals surface area contributed by atoms with E-state index < -0.39 is 5.97 Å². The standard InChI is InChI=1S/C12H9NO4S2/c1-2-17-11(16)6(5-13)12-18-9-7(14)3-4-8(15)10(9)19-12/h3-4,14-15H,2H2,1H3. The van der Waals surface area contributed by atoms with E-state index in [0.29, 0.717) is 14.0 Å². The molecule has 0 amide bonds. The largest absolute Gasteiger partial charge is 0.507 e. The predicted octanol–water partition coefficient (Wildman–Crippen LogP) is 2.59. The van der Waals surface area contributed by atoms with Crippen molar-refractivity contribution in [2.75, 3.05) is 6.61 Å². The van der Waals surface area contributed by atoms with Crippen molar-refractivity contribution in [1.29, 1.82) is 5.26 Å². The topological polar surface area (TPSA) is 90.6 Å². The molecule has 0 unspecified atom stereocenters. The molecular weight excluding hydrogens is 286 g/mol. The summed E-state index contributed by atoms with van der Waals surface area (Å²) in [4.78, 5) is 12.5. The summed E-state index contributed by atoms with van der Waals surface area (Å²) in [7, 11) is 0. The number of hydrogen-bond acceptors (Lipinski definition) is 7. The fourth-order valence-electron chi connectivity index (χ4n) is 1.43. The van der Waals surface area contributed by atoms with E-state index in [1.54, 1.807) is 13.0 Å². The molecule has 5 nitrogen and oxygen atoms in total. The number of hydrogen-bond donors (Lipinski definition) is 2. The van der Waals surface area contributed by atoms with Gasteiger partial charge in [0.25, 0.3) is 0 Å². The van der Waals surface area contributed by atoms with Crippen LogP contribution in [-0.2, 0) is 9.53 Å². The molecule has 1 aliphatic rings. The second kappa shape index (κ2) is 5.47. The van der Waals surface area contributed by atoms with Crippen molar-refractivity contribution in [1.82, 2.24) is 0 Å². The lowest BCUT2D eigenvalue weighted by molar-refractivity contribution is -0.138. The molecule has 98 valence electrons. The molecule has 0 radical (unpaired) electrons. The quantitative estimate of drug-likeness (QED) is 0.375. The van der Waals surface area contributed by atoms with Crippen LogP contribution in [-0.4, -0.2) is 22.8 Å². The summed E-state index contributed by atoms with van der Waals surface area (Å²) in [6.07, 6.45) is 0. The smallest absolute Gasteiger partial charge is 0.350 e. The number of aromatic hydroxyl groups is 2. The van der Waals surface area contributed by atoms with Gasteiger partial charge < -0.3 is 14.9 Å². The number of nitriles is 1. The van der Waals surface area contributed by atoms with Gasteiger partial charge in [-0.3, -0.25) is 0 Å². The van der Waals surface area contributed by atoms with Crippen LogP contribution in [0.15, 0.2) is 31.7 Å². The van der Waals surface area contributed by atoms with E-state index in [1.807, 2.05) is 0 Å². The summed E-state index contributed by atoms with van der Waals surface area (Å²) in [6, 6.07) is 4.53. The van der Waals surface area contributed by atoms with E-state index in [-0.39, 0.29) is 23.7 Å². The third kappa shape index (κ3) is 2.50. The van der Waals surface area contributed by atoms with Gasteiger partial charge in [0.05, 0.1) is 20.6 Å². The molecule has 2 rings (SSSR count). The first-order valence-corrected chi connectivity index (χ1v) is 6.94. The molecule has 7 heteroatoms. The van der Waals surface area contributed by atoms with Gasteiger partial charge in [0, 0.05) is 0 Å². The third-order valence-corrected chi connectivity index (χ3v) is 4.90. The molecule has 0 saturated heterocycles.